The summed E-state index contributed by atoms with van der Waals surface area (Å²) in [5, 5.41) is 29.5. The van der Waals surface area contributed by atoms with Gasteiger partial charge in [0.2, 0.25) is 0 Å². The molecule has 9 heteroatoms. The quantitative estimate of drug-likeness (QED) is 0.379. The Morgan fingerprint density at radius 1 is 1.23 bits per heavy atom. The zero-order valence-corrected chi connectivity index (χ0v) is 13.4. The van der Waals surface area contributed by atoms with E-state index in [1.807, 2.05) is 12.1 Å². The zero-order chi connectivity index (χ0) is 18.1. The third-order valence-electron chi connectivity index (χ3n) is 3.87. The van der Waals surface area contributed by atoms with Gasteiger partial charge in [-0.1, -0.05) is 0 Å². The number of H-pyrrole nitrogens is 2. The lowest BCUT2D eigenvalue weighted by Gasteiger charge is -2.05. The van der Waals surface area contributed by atoms with Crippen molar-refractivity contribution in [1.29, 1.82) is 0 Å². The van der Waals surface area contributed by atoms with Crippen LogP contribution >= 0.6 is 0 Å². The SMILES string of the molecule is O=C(NCc1nc(-c2c[nH]c3ncccc23)n[nH]1)c1ccc(O)cc1O. The number of aromatic hydroxyl groups is 2. The molecule has 0 saturated carbocycles. The summed E-state index contributed by atoms with van der Waals surface area (Å²) in [7, 11) is 0. The minimum absolute atomic E-state index is 0.0604. The van der Waals surface area contributed by atoms with Crippen LogP contribution in [0, 0.1) is 0 Å². The number of hydrogen-bond acceptors (Lipinski definition) is 6. The Morgan fingerprint density at radius 3 is 2.96 bits per heavy atom. The Hall–Kier alpha value is -3.88. The van der Waals surface area contributed by atoms with Gasteiger partial charge in [-0.3, -0.25) is 9.89 Å². The van der Waals surface area contributed by atoms with Crippen molar-refractivity contribution in [2.24, 2.45) is 0 Å². The standard InChI is InChI=1S/C17H14N6O3/c24-9-3-4-11(13(25)6-9)17(26)20-8-14-21-16(23-22-14)12-7-19-15-10(12)2-1-5-18-15/h1-7,24-25H,8H2,(H,18,19)(H,20,26)(H,21,22,23). The van der Waals surface area contributed by atoms with Gasteiger partial charge < -0.3 is 20.5 Å². The molecule has 0 saturated heterocycles. The molecule has 0 aliphatic rings. The molecule has 0 bridgehead atoms. The first-order valence-electron chi connectivity index (χ1n) is 7.76. The van der Waals surface area contributed by atoms with E-state index in [0.717, 1.165) is 22.7 Å². The Balaban J connectivity index is 1.49. The fraction of sp³-hybridized carbons (Fsp3) is 0.0588. The number of phenols is 2. The number of rotatable bonds is 4. The van der Waals surface area contributed by atoms with Crippen LogP contribution < -0.4 is 5.32 Å². The molecule has 130 valence electrons. The van der Waals surface area contributed by atoms with Gasteiger partial charge >= 0.3 is 0 Å². The molecule has 0 radical (unpaired) electrons. The number of pyridine rings is 1. The number of carbonyl (C=O) groups excluding carboxylic acids is 1. The molecule has 1 aromatic carbocycles. The smallest absolute Gasteiger partial charge is 0.255 e. The van der Waals surface area contributed by atoms with Gasteiger partial charge in [-0.25, -0.2) is 9.97 Å². The molecule has 26 heavy (non-hydrogen) atoms. The molecule has 0 spiro atoms. The van der Waals surface area contributed by atoms with E-state index in [0.29, 0.717) is 11.6 Å². The fourth-order valence-electron chi connectivity index (χ4n) is 2.61. The third-order valence-corrected chi connectivity index (χ3v) is 3.87. The second kappa shape index (κ2) is 6.20. The van der Waals surface area contributed by atoms with Gasteiger partial charge in [-0.05, 0) is 24.3 Å². The van der Waals surface area contributed by atoms with Crippen molar-refractivity contribution in [2.45, 2.75) is 6.54 Å². The molecule has 9 nitrogen and oxygen atoms in total. The van der Waals surface area contributed by atoms with E-state index in [2.05, 4.69) is 30.5 Å². The molecule has 3 aromatic heterocycles. The van der Waals surface area contributed by atoms with Gasteiger partial charge in [0.15, 0.2) is 5.82 Å². The molecular formula is C17H14N6O3. The first-order valence-corrected chi connectivity index (χ1v) is 7.76. The van der Waals surface area contributed by atoms with Crippen LogP contribution in [0.4, 0.5) is 0 Å². The number of benzene rings is 1. The summed E-state index contributed by atoms with van der Waals surface area (Å²) in [6, 6.07) is 7.51. The molecule has 0 unspecified atom stereocenters. The van der Waals surface area contributed by atoms with Crippen LogP contribution in [0.15, 0.2) is 42.7 Å². The highest BCUT2D eigenvalue weighted by Gasteiger charge is 2.14. The van der Waals surface area contributed by atoms with Crippen molar-refractivity contribution >= 4 is 16.9 Å². The van der Waals surface area contributed by atoms with Gasteiger partial charge in [0.1, 0.15) is 23.0 Å². The fourth-order valence-corrected chi connectivity index (χ4v) is 2.61. The van der Waals surface area contributed by atoms with E-state index in [9.17, 15) is 15.0 Å². The van der Waals surface area contributed by atoms with Crippen LogP contribution in [0.1, 0.15) is 16.2 Å². The maximum Gasteiger partial charge on any atom is 0.255 e. The summed E-state index contributed by atoms with van der Waals surface area (Å²) in [5.74, 6) is 0.0433. The average molecular weight is 350 g/mol. The molecule has 1 amide bonds. The Kier molecular flexibility index (Phi) is 3.73. The van der Waals surface area contributed by atoms with Crippen molar-refractivity contribution in [1.82, 2.24) is 30.5 Å². The molecule has 0 atom stereocenters. The lowest BCUT2D eigenvalue weighted by atomic mass is 10.2. The Bertz CT molecular complexity index is 1100. The molecule has 0 fully saturated rings. The van der Waals surface area contributed by atoms with Gasteiger partial charge in [-0.15, -0.1) is 0 Å². The number of aromatic nitrogens is 5. The predicted octanol–water partition coefficient (Wildman–Crippen LogP) is 1.69. The Labute approximate surface area is 146 Å². The first-order chi connectivity index (χ1) is 12.6. The molecule has 5 N–H and O–H groups in total. The van der Waals surface area contributed by atoms with E-state index in [4.69, 9.17) is 0 Å². The molecular weight excluding hydrogens is 336 g/mol. The van der Waals surface area contributed by atoms with E-state index in [1.54, 1.807) is 12.4 Å². The van der Waals surface area contributed by atoms with Gasteiger partial charge in [0.05, 0.1) is 12.1 Å². The predicted molar refractivity (Wildman–Crippen MR) is 92.4 cm³/mol. The summed E-state index contributed by atoms with van der Waals surface area (Å²) >= 11 is 0. The van der Waals surface area contributed by atoms with Crippen molar-refractivity contribution in [3.63, 3.8) is 0 Å². The van der Waals surface area contributed by atoms with Crippen molar-refractivity contribution < 1.29 is 15.0 Å². The number of fused-ring (bicyclic) bond motifs is 1. The van der Waals surface area contributed by atoms with E-state index < -0.39 is 5.91 Å². The van der Waals surface area contributed by atoms with Crippen molar-refractivity contribution in [2.75, 3.05) is 0 Å². The highest BCUT2D eigenvalue weighted by molar-refractivity contribution is 5.97. The normalized spacial score (nSPS) is 10.9. The van der Waals surface area contributed by atoms with Crippen LogP contribution in [-0.2, 0) is 6.54 Å². The zero-order valence-electron chi connectivity index (χ0n) is 13.4. The number of phenolic OH excluding ortho intramolecular Hbond substituents is 2. The summed E-state index contributed by atoms with van der Waals surface area (Å²) < 4.78 is 0. The topological polar surface area (TPSA) is 140 Å². The third kappa shape index (κ3) is 2.81. The number of carbonyl (C=O) groups is 1. The number of amides is 1. The summed E-state index contributed by atoms with van der Waals surface area (Å²) in [5.41, 5.74) is 1.60. The lowest BCUT2D eigenvalue weighted by molar-refractivity contribution is 0.0947. The van der Waals surface area contributed by atoms with Crippen LogP contribution in [0.5, 0.6) is 11.5 Å². The maximum absolute atomic E-state index is 12.1. The van der Waals surface area contributed by atoms with Crippen LogP contribution in [0.25, 0.3) is 22.4 Å². The van der Waals surface area contributed by atoms with Crippen molar-refractivity contribution in [3.05, 3.63) is 54.1 Å². The Morgan fingerprint density at radius 2 is 2.12 bits per heavy atom. The van der Waals surface area contributed by atoms with Crippen LogP contribution in [-0.4, -0.2) is 41.3 Å². The van der Waals surface area contributed by atoms with E-state index >= 15 is 0 Å². The lowest BCUT2D eigenvalue weighted by Crippen LogP contribution is -2.23. The largest absolute Gasteiger partial charge is 0.508 e. The molecule has 0 aliphatic carbocycles. The minimum atomic E-state index is -0.489. The van der Waals surface area contributed by atoms with E-state index in [-0.39, 0.29) is 23.6 Å². The minimum Gasteiger partial charge on any atom is -0.508 e. The van der Waals surface area contributed by atoms with Gasteiger partial charge in [-0.2, -0.15) is 5.10 Å². The molecule has 0 aliphatic heterocycles. The van der Waals surface area contributed by atoms with Crippen LogP contribution in [0.3, 0.4) is 0 Å². The highest BCUT2D eigenvalue weighted by Crippen LogP contribution is 2.24. The molecule has 4 aromatic rings. The summed E-state index contributed by atoms with van der Waals surface area (Å²) in [6.07, 6.45) is 3.47. The van der Waals surface area contributed by atoms with Crippen molar-refractivity contribution in [3.8, 4) is 22.9 Å². The number of nitrogens with zero attached hydrogens (tertiary/aromatic N) is 3. The van der Waals surface area contributed by atoms with Crippen LogP contribution in [0.2, 0.25) is 0 Å². The molecule has 4 rings (SSSR count). The number of nitrogens with one attached hydrogen (secondary N) is 3. The highest BCUT2D eigenvalue weighted by atomic mass is 16.3. The summed E-state index contributed by atoms with van der Waals surface area (Å²) in [6.45, 7) is 0.104. The number of aromatic amines is 2. The second-order valence-corrected chi connectivity index (χ2v) is 5.59. The number of hydrogen-bond donors (Lipinski definition) is 5. The maximum atomic E-state index is 12.1. The van der Waals surface area contributed by atoms with Gasteiger partial charge in [0.25, 0.3) is 5.91 Å². The average Bonchev–Trinajstić information content (AvgIpc) is 3.26. The van der Waals surface area contributed by atoms with E-state index in [1.165, 1.54) is 12.1 Å². The monoisotopic (exact) mass is 350 g/mol. The first kappa shape index (κ1) is 15.6. The van der Waals surface area contributed by atoms with Gasteiger partial charge in [0, 0.05) is 29.4 Å². The summed E-state index contributed by atoms with van der Waals surface area (Å²) in [4.78, 5) is 23.8. The second-order valence-electron chi connectivity index (χ2n) is 5.59. The molecule has 3 heterocycles.